The van der Waals surface area contributed by atoms with Crippen molar-refractivity contribution >= 4 is 11.6 Å². The first kappa shape index (κ1) is 17.3. The van der Waals surface area contributed by atoms with E-state index in [1.807, 2.05) is 25.1 Å². The van der Waals surface area contributed by atoms with E-state index in [1.54, 1.807) is 0 Å². The Kier molecular flexibility index (Phi) is 8.01. The Labute approximate surface area is 128 Å². The van der Waals surface area contributed by atoms with Crippen LogP contribution in [0.15, 0.2) is 18.2 Å². The lowest BCUT2D eigenvalue weighted by atomic mass is 10.0. The Morgan fingerprint density at radius 3 is 2.65 bits per heavy atom. The van der Waals surface area contributed by atoms with Crippen molar-refractivity contribution in [1.82, 2.24) is 0 Å². The van der Waals surface area contributed by atoms with E-state index in [0.29, 0.717) is 5.92 Å². The first-order valence-corrected chi connectivity index (χ1v) is 8.12. The largest absolute Gasteiger partial charge is 0.493 e. The van der Waals surface area contributed by atoms with E-state index in [0.717, 1.165) is 35.8 Å². The van der Waals surface area contributed by atoms with Gasteiger partial charge in [0.05, 0.1) is 6.61 Å². The van der Waals surface area contributed by atoms with Crippen LogP contribution >= 0.6 is 11.6 Å². The maximum atomic E-state index is 6.27. The second kappa shape index (κ2) is 9.25. The standard InChI is InChI=1S/C17H28ClNO/c1-4-6-8-14(5-2)12-20-17-10-7-9-16(18)15(17)11-13(3)19/h7,9-10,13-14H,4-6,8,11-12,19H2,1-3H3. The van der Waals surface area contributed by atoms with Gasteiger partial charge in [-0.25, -0.2) is 0 Å². The van der Waals surface area contributed by atoms with Gasteiger partial charge in [0.25, 0.3) is 0 Å². The molecule has 2 atom stereocenters. The van der Waals surface area contributed by atoms with Crippen molar-refractivity contribution in [3.63, 3.8) is 0 Å². The van der Waals surface area contributed by atoms with Crippen LogP contribution in [0.3, 0.4) is 0 Å². The SMILES string of the molecule is CCCCC(CC)COc1cccc(Cl)c1CC(C)N. The van der Waals surface area contributed by atoms with Crippen LogP contribution in [-0.4, -0.2) is 12.6 Å². The summed E-state index contributed by atoms with van der Waals surface area (Å²) < 4.78 is 6.03. The fraction of sp³-hybridized carbons (Fsp3) is 0.647. The van der Waals surface area contributed by atoms with Gasteiger partial charge in [0.1, 0.15) is 5.75 Å². The zero-order valence-corrected chi connectivity index (χ0v) is 13.7. The molecule has 0 aromatic heterocycles. The van der Waals surface area contributed by atoms with Gasteiger partial charge in [-0.2, -0.15) is 0 Å². The fourth-order valence-electron chi connectivity index (χ4n) is 2.30. The molecule has 0 radical (unpaired) electrons. The number of hydrogen-bond acceptors (Lipinski definition) is 2. The molecule has 1 aromatic carbocycles. The van der Waals surface area contributed by atoms with Crippen molar-refractivity contribution < 1.29 is 4.74 Å². The summed E-state index contributed by atoms with van der Waals surface area (Å²) in [4.78, 5) is 0. The minimum Gasteiger partial charge on any atom is -0.493 e. The lowest BCUT2D eigenvalue weighted by Crippen LogP contribution is -2.19. The third-order valence-electron chi connectivity index (χ3n) is 3.62. The van der Waals surface area contributed by atoms with Gasteiger partial charge in [0.15, 0.2) is 0 Å². The maximum Gasteiger partial charge on any atom is 0.124 e. The summed E-state index contributed by atoms with van der Waals surface area (Å²) >= 11 is 6.27. The lowest BCUT2D eigenvalue weighted by Gasteiger charge is -2.19. The molecule has 2 unspecified atom stereocenters. The average molecular weight is 298 g/mol. The summed E-state index contributed by atoms with van der Waals surface area (Å²) in [6, 6.07) is 5.92. The maximum absolute atomic E-state index is 6.27. The van der Waals surface area contributed by atoms with E-state index in [4.69, 9.17) is 22.1 Å². The number of ether oxygens (including phenoxy) is 1. The average Bonchev–Trinajstić information content (AvgIpc) is 2.42. The molecule has 3 heteroatoms. The van der Waals surface area contributed by atoms with Gasteiger partial charge in [-0.15, -0.1) is 0 Å². The number of rotatable bonds is 9. The Morgan fingerprint density at radius 1 is 1.30 bits per heavy atom. The van der Waals surface area contributed by atoms with E-state index in [9.17, 15) is 0 Å². The van der Waals surface area contributed by atoms with Gasteiger partial charge in [0, 0.05) is 16.6 Å². The van der Waals surface area contributed by atoms with Crippen molar-refractivity contribution in [3.05, 3.63) is 28.8 Å². The third-order valence-corrected chi connectivity index (χ3v) is 3.97. The Bertz CT molecular complexity index is 393. The van der Waals surface area contributed by atoms with Crippen LogP contribution in [0.2, 0.25) is 5.02 Å². The molecule has 2 N–H and O–H groups in total. The first-order chi connectivity index (χ1) is 9.58. The van der Waals surface area contributed by atoms with Crippen LogP contribution < -0.4 is 10.5 Å². The van der Waals surface area contributed by atoms with E-state index < -0.39 is 0 Å². The topological polar surface area (TPSA) is 35.2 Å². The molecule has 0 amide bonds. The predicted molar refractivity (Wildman–Crippen MR) is 87.6 cm³/mol. The van der Waals surface area contributed by atoms with Crippen molar-refractivity contribution in [1.29, 1.82) is 0 Å². The smallest absolute Gasteiger partial charge is 0.124 e. The molecule has 20 heavy (non-hydrogen) atoms. The summed E-state index contributed by atoms with van der Waals surface area (Å²) in [6.45, 7) is 7.21. The van der Waals surface area contributed by atoms with Gasteiger partial charge in [-0.1, -0.05) is 50.8 Å². The number of nitrogens with two attached hydrogens (primary N) is 1. The zero-order chi connectivity index (χ0) is 15.0. The summed E-state index contributed by atoms with van der Waals surface area (Å²) in [7, 11) is 0. The highest BCUT2D eigenvalue weighted by Crippen LogP contribution is 2.28. The second-order valence-electron chi connectivity index (χ2n) is 5.63. The van der Waals surface area contributed by atoms with E-state index >= 15 is 0 Å². The van der Waals surface area contributed by atoms with Gasteiger partial charge < -0.3 is 10.5 Å². The zero-order valence-electron chi connectivity index (χ0n) is 13.0. The Balaban J connectivity index is 2.68. The molecule has 0 heterocycles. The van der Waals surface area contributed by atoms with Crippen molar-refractivity contribution in [2.45, 2.75) is 58.9 Å². The molecule has 1 aromatic rings. The third kappa shape index (κ3) is 5.72. The summed E-state index contributed by atoms with van der Waals surface area (Å²) in [5.41, 5.74) is 6.93. The van der Waals surface area contributed by atoms with Crippen LogP contribution in [0, 0.1) is 5.92 Å². The fourth-order valence-corrected chi connectivity index (χ4v) is 2.54. The lowest BCUT2D eigenvalue weighted by molar-refractivity contribution is 0.231. The molecule has 0 spiro atoms. The number of halogens is 1. The molecule has 0 aliphatic rings. The molecule has 0 saturated carbocycles. The highest BCUT2D eigenvalue weighted by molar-refractivity contribution is 6.31. The molecule has 0 saturated heterocycles. The summed E-state index contributed by atoms with van der Waals surface area (Å²) in [5, 5.41) is 0.751. The van der Waals surface area contributed by atoms with Crippen LogP contribution in [0.5, 0.6) is 5.75 Å². The van der Waals surface area contributed by atoms with Crippen LogP contribution in [-0.2, 0) is 6.42 Å². The summed E-state index contributed by atoms with van der Waals surface area (Å²) in [5.74, 6) is 1.52. The predicted octanol–water partition coefficient (Wildman–Crippen LogP) is 4.82. The molecule has 114 valence electrons. The van der Waals surface area contributed by atoms with Crippen molar-refractivity contribution in [2.24, 2.45) is 11.7 Å². The number of hydrogen-bond donors (Lipinski definition) is 1. The van der Waals surface area contributed by atoms with Gasteiger partial charge in [0.2, 0.25) is 0 Å². The highest BCUT2D eigenvalue weighted by Gasteiger charge is 2.12. The van der Waals surface area contributed by atoms with Gasteiger partial charge >= 0.3 is 0 Å². The van der Waals surface area contributed by atoms with E-state index in [2.05, 4.69) is 13.8 Å². The quantitative estimate of drug-likeness (QED) is 0.709. The van der Waals surface area contributed by atoms with Crippen molar-refractivity contribution in [3.8, 4) is 5.75 Å². The molecule has 1 rings (SSSR count). The van der Waals surface area contributed by atoms with Crippen molar-refractivity contribution in [2.75, 3.05) is 6.61 Å². The monoisotopic (exact) mass is 297 g/mol. The van der Waals surface area contributed by atoms with Crippen LogP contribution in [0.1, 0.15) is 52.0 Å². The first-order valence-electron chi connectivity index (χ1n) is 7.74. The van der Waals surface area contributed by atoms with Gasteiger partial charge in [-0.3, -0.25) is 0 Å². The van der Waals surface area contributed by atoms with E-state index in [-0.39, 0.29) is 6.04 Å². The van der Waals surface area contributed by atoms with Crippen LogP contribution in [0.4, 0.5) is 0 Å². The highest BCUT2D eigenvalue weighted by atomic mass is 35.5. The molecule has 2 nitrogen and oxygen atoms in total. The molecular weight excluding hydrogens is 270 g/mol. The molecule has 0 aliphatic carbocycles. The number of benzene rings is 1. The molecular formula is C17H28ClNO. The van der Waals surface area contributed by atoms with Crippen LogP contribution in [0.25, 0.3) is 0 Å². The molecule has 0 bridgehead atoms. The normalized spacial score (nSPS) is 14.1. The summed E-state index contributed by atoms with van der Waals surface area (Å²) in [6.07, 6.45) is 5.65. The molecule has 0 fully saturated rings. The number of unbranched alkanes of at least 4 members (excludes halogenated alkanes) is 1. The minimum absolute atomic E-state index is 0.0827. The van der Waals surface area contributed by atoms with E-state index in [1.165, 1.54) is 19.3 Å². The molecule has 0 aliphatic heterocycles. The Morgan fingerprint density at radius 2 is 2.05 bits per heavy atom. The van der Waals surface area contributed by atoms with Gasteiger partial charge in [-0.05, 0) is 37.8 Å². The minimum atomic E-state index is 0.0827. The second-order valence-corrected chi connectivity index (χ2v) is 6.03. The Hall–Kier alpha value is -0.730.